The molecule has 0 N–H and O–H groups in total. The first-order valence-electron chi connectivity index (χ1n) is 16.4. The first-order chi connectivity index (χ1) is 27.0. The second-order valence-corrected chi connectivity index (χ2v) is 13.0. The molecular formula is C40H28Cl4N2O10. The minimum atomic E-state index is -1.50. The van der Waals surface area contributed by atoms with Crippen LogP contribution < -0.4 is 0 Å². The van der Waals surface area contributed by atoms with Gasteiger partial charge in [0, 0.05) is 0 Å². The molecular weight excluding hydrogens is 810 g/mol. The number of rotatable bonds is 10. The highest BCUT2D eigenvalue weighted by atomic mass is 35.5. The number of benzene rings is 5. The summed E-state index contributed by atoms with van der Waals surface area (Å²) in [6.45, 7) is -1.43. The van der Waals surface area contributed by atoms with Gasteiger partial charge < -0.3 is 18.9 Å². The van der Waals surface area contributed by atoms with E-state index in [-0.39, 0.29) is 36.2 Å². The van der Waals surface area contributed by atoms with E-state index in [4.69, 9.17) is 65.4 Å². The van der Waals surface area contributed by atoms with Crippen molar-refractivity contribution in [2.45, 2.75) is 26.4 Å². The number of nitrogens with zero attached hydrogens (tertiary/aromatic N) is 2. The van der Waals surface area contributed by atoms with Gasteiger partial charge in [0.1, 0.15) is 26.4 Å². The van der Waals surface area contributed by atoms with Crippen molar-refractivity contribution in [2.24, 2.45) is 0 Å². The van der Waals surface area contributed by atoms with Crippen LogP contribution in [-0.2, 0) is 45.4 Å². The lowest BCUT2D eigenvalue weighted by Crippen LogP contribution is -2.43. The zero-order valence-corrected chi connectivity index (χ0v) is 31.9. The van der Waals surface area contributed by atoms with E-state index in [2.05, 4.69) is 0 Å². The van der Waals surface area contributed by atoms with Crippen molar-refractivity contribution in [3.05, 3.63) is 175 Å². The second kappa shape index (κ2) is 19.6. The Balaban J connectivity index is 1.48. The van der Waals surface area contributed by atoms with Gasteiger partial charge in [-0.15, -0.1) is 9.80 Å². The van der Waals surface area contributed by atoms with Crippen molar-refractivity contribution >= 4 is 82.6 Å². The number of carbonyl (C=O) groups excluding carboxylic acids is 6. The first kappa shape index (κ1) is 41.2. The summed E-state index contributed by atoms with van der Waals surface area (Å²) in [5.41, 5.74) is 0.432. The summed E-state index contributed by atoms with van der Waals surface area (Å²) >= 11 is 26.1. The molecule has 0 fully saturated rings. The van der Waals surface area contributed by atoms with Gasteiger partial charge in [-0.3, -0.25) is 9.59 Å². The molecule has 0 radical (unpaired) electrons. The number of amides is 6. The van der Waals surface area contributed by atoms with Crippen LogP contribution >= 0.6 is 46.4 Å². The quantitative estimate of drug-likeness (QED) is 0.0984. The topological polar surface area (TPSA) is 146 Å². The molecule has 6 amide bonds. The van der Waals surface area contributed by atoms with Crippen molar-refractivity contribution in [2.75, 3.05) is 0 Å². The molecule has 5 rings (SSSR count). The maximum Gasteiger partial charge on any atom is 0.426 e. The largest absolute Gasteiger partial charge is 0.444 e. The van der Waals surface area contributed by atoms with E-state index in [1.165, 1.54) is 0 Å². The molecule has 0 aliphatic rings. The van der Waals surface area contributed by atoms with Gasteiger partial charge in [-0.2, -0.15) is 0 Å². The Morgan fingerprint density at radius 2 is 0.554 bits per heavy atom. The number of halogens is 4. The fourth-order valence-corrected chi connectivity index (χ4v) is 6.02. The third-order valence-corrected chi connectivity index (χ3v) is 9.35. The smallest absolute Gasteiger partial charge is 0.426 e. The van der Waals surface area contributed by atoms with E-state index in [0.29, 0.717) is 22.3 Å². The average molecular weight is 838 g/mol. The molecule has 0 aliphatic heterocycles. The zero-order valence-electron chi connectivity index (χ0n) is 28.9. The molecule has 56 heavy (non-hydrogen) atoms. The fraction of sp³-hybridized carbons (Fsp3) is 0.100. The van der Waals surface area contributed by atoms with E-state index >= 15 is 0 Å². The van der Waals surface area contributed by atoms with Crippen LogP contribution in [0.2, 0.25) is 20.1 Å². The lowest BCUT2D eigenvalue weighted by Gasteiger charge is -2.23. The number of ether oxygens (including phenoxy) is 4. The minimum absolute atomic E-state index is 0.0126. The Hall–Kier alpha value is -5.92. The van der Waals surface area contributed by atoms with Crippen molar-refractivity contribution in [1.82, 2.24) is 9.80 Å². The van der Waals surface area contributed by atoms with Gasteiger partial charge in [-0.1, -0.05) is 168 Å². The molecule has 0 aliphatic carbocycles. The summed E-state index contributed by atoms with van der Waals surface area (Å²) in [6, 6.07) is 33.4. The minimum Gasteiger partial charge on any atom is -0.444 e. The third kappa shape index (κ3) is 10.2. The van der Waals surface area contributed by atoms with Crippen LogP contribution in [0.3, 0.4) is 0 Å². The van der Waals surface area contributed by atoms with Gasteiger partial charge in [-0.25, -0.2) is 19.2 Å². The monoisotopic (exact) mass is 836 g/mol. The number of hydrogen-bond acceptors (Lipinski definition) is 10. The molecule has 286 valence electrons. The zero-order chi connectivity index (χ0) is 40.2. The maximum atomic E-state index is 14.1. The fourth-order valence-electron chi connectivity index (χ4n) is 4.85. The molecule has 0 atom stereocenters. The standard InChI is InChI=1S/C40H28Cl4N2O10/c41-31-29(35(47)45(37(49)53-21-25-13-5-1-6-14-25)38(50)54-22-26-15-7-2-8-16-26)32(42)34(44)30(33(31)43)36(48)46(39(51)55-23-27-17-9-3-10-18-27)40(52)56-24-28-19-11-4-12-20-28/h1-20H,21-24H2. The van der Waals surface area contributed by atoms with Crippen LogP contribution in [0.1, 0.15) is 43.0 Å². The van der Waals surface area contributed by atoms with E-state index in [9.17, 15) is 28.8 Å². The molecule has 5 aromatic rings. The van der Waals surface area contributed by atoms with Crippen LogP contribution in [0.4, 0.5) is 19.2 Å². The summed E-state index contributed by atoms with van der Waals surface area (Å²) in [4.78, 5) is 81.6. The molecule has 16 heteroatoms. The Labute approximate surface area is 339 Å². The number of carbonyl (C=O) groups is 6. The van der Waals surface area contributed by atoms with Gasteiger partial charge in [0.15, 0.2) is 0 Å². The van der Waals surface area contributed by atoms with Crippen LogP contribution in [0.15, 0.2) is 121 Å². The maximum absolute atomic E-state index is 14.1. The van der Waals surface area contributed by atoms with Gasteiger partial charge >= 0.3 is 24.4 Å². The molecule has 0 spiro atoms. The van der Waals surface area contributed by atoms with Crippen LogP contribution in [0.25, 0.3) is 0 Å². The van der Waals surface area contributed by atoms with E-state index < -0.39 is 67.4 Å². The van der Waals surface area contributed by atoms with Crippen molar-refractivity contribution < 1.29 is 47.7 Å². The van der Waals surface area contributed by atoms with Gasteiger partial charge in [0.2, 0.25) is 0 Å². The van der Waals surface area contributed by atoms with Crippen LogP contribution in [0, 0.1) is 0 Å². The van der Waals surface area contributed by atoms with E-state index in [1.54, 1.807) is 121 Å². The van der Waals surface area contributed by atoms with E-state index in [0.717, 1.165) is 0 Å². The second-order valence-electron chi connectivity index (χ2n) is 11.4. The lowest BCUT2D eigenvalue weighted by molar-refractivity contribution is 0.0517. The van der Waals surface area contributed by atoms with Gasteiger partial charge in [0.05, 0.1) is 31.2 Å². The summed E-state index contributed by atoms with van der Waals surface area (Å²) in [5, 5.41) is -3.16. The SMILES string of the molecule is O=C(OCc1ccccc1)N(C(=O)OCc1ccccc1)C(=O)c1c(Cl)c(Cl)c(C(=O)N(C(=O)OCc2ccccc2)C(=O)OCc2ccccc2)c(Cl)c1Cl. The Morgan fingerprint density at radius 3 is 0.750 bits per heavy atom. The third-order valence-electron chi connectivity index (χ3n) is 7.65. The highest BCUT2D eigenvalue weighted by Crippen LogP contribution is 2.42. The summed E-state index contributed by atoms with van der Waals surface area (Å²) in [6.07, 6.45) is -5.93. The molecule has 0 unspecified atom stereocenters. The average Bonchev–Trinajstić information content (AvgIpc) is 3.21. The van der Waals surface area contributed by atoms with Gasteiger partial charge in [-0.05, 0) is 22.3 Å². The number of hydrogen-bond donors (Lipinski definition) is 0. The summed E-state index contributed by atoms with van der Waals surface area (Å²) < 4.78 is 21.0. The van der Waals surface area contributed by atoms with Crippen LogP contribution in [0.5, 0.6) is 0 Å². The Morgan fingerprint density at radius 1 is 0.357 bits per heavy atom. The summed E-state index contributed by atoms with van der Waals surface area (Å²) in [7, 11) is 0. The molecule has 0 heterocycles. The molecule has 5 aromatic carbocycles. The highest BCUT2D eigenvalue weighted by Gasteiger charge is 2.41. The molecule has 0 saturated carbocycles. The number of imide groups is 6. The van der Waals surface area contributed by atoms with Crippen molar-refractivity contribution in [3.8, 4) is 0 Å². The van der Waals surface area contributed by atoms with Crippen molar-refractivity contribution in [1.29, 1.82) is 0 Å². The van der Waals surface area contributed by atoms with E-state index in [1.807, 2.05) is 0 Å². The highest BCUT2D eigenvalue weighted by molar-refractivity contribution is 6.53. The normalized spacial score (nSPS) is 10.5. The predicted molar refractivity (Wildman–Crippen MR) is 205 cm³/mol. The lowest BCUT2D eigenvalue weighted by atomic mass is 10.1. The molecule has 12 nitrogen and oxygen atoms in total. The molecule has 0 bridgehead atoms. The van der Waals surface area contributed by atoms with Gasteiger partial charge in [0.25, 0.3) is 11.8 Å². The first-order valence-corrected chi connectivity index (χ1v) is 17.9. The molecule has 0 aromatic heterocycles. The predicted octanol–water partition coefficient (Wildman–Crippen LogP) is 10.5. The van der Waals surface area contributed by atoms with Crippen molar-refractivity contribution in [3.63, 3.8) is 0 Å². The Kier molecular flexibility index (Phi) is 14.4. The summed E-state index contributed by atoms with van der Waals surface area (Å²) in [5.74, 6) is -3.00. The van der Waals surface area contributed by atoms with Crippen LogP contribution in [-0.4, -0.2) is 46.0 Å². The Bertz CT molecular complexity index is 1930. The molecule has 0 saturated heterocycles.